The molecule has 3 heterocycles. The minimum absolute atomic E-state index is 0.0234. The first kappa shape index (κ1) is 21.0. The van der Waals surface area contributed by atoms with E-state index in [9.17, 15) is 14.4 Å². The Labute approximate surface area is 167 Å². The topological polar surface area (TPSA) is 82.2 Å². The summed E-state index contributed by atoms with van der Waals surface area (Å²) in [5, 5.41) is 3.01. The Morgan fingerprint density at radius 3 is 2.61 bits per heavy atom. The number of carbonyl (C=O) groups is 3. The van der Waals surface area contributed by atoms with Gasteiger partial charge in [0.1, 0.15) is 5.54 Å². The zero-order valence-corrected chi connectivity index (χ0v) is 17.4. The predicted molar refractivity (Wildman–Crippen MR) is 105 cm³/mol. The van der Waals surface area contributed by atoms with E-state index in [4.69, 9.17) is 4.74 Å². The van der Waals surface area contributed by atoms with Crippen LogP contribution in [-0.2, 0) is 14.3 Å². The summed E-state index contributed by atoms with van der Waals surface area (Å²) in [5.74, 6) is 0.511. The number of imide groups is 1. The molecule has 0 aromatic rings. The van der Waals surface area contributed by atoms with Gasteiger partial charge in [0.2, 0.25) is 5.91 Å². The van der Waals surface area contributed by atoms with Crippen molar-refractivity contribution in [1.82, 2.24) is 20.0 Å². The fraction of sp³-hybridized carbons (Fsp3) is 0.850. The van der Waals surface area contributed by atoms with Crippen LogP contribution in [0.2, 0.25) is 0 Å². The molecular weight excluding hydrogens is 360 g/mol. The van der Waals surface area contributed by atoms with Crippen molar-refractivity contribution < 1.29 is 19.1 Å². The van der Waals surface area contributed by atoms with E-state index in [1.54, 1.807) is 12.0 Å². The zero-order chi connectivity index (χ0) is 20.3. The van der Waals surface area contributed by atoms with Crippen LogP contribution in [0.5, 0.6) is 0 Å². The molecule has 0 unspecified atom stereocenters. The van der Waals surface area contributed by atoms with Gasteiger partial charge >= 0.3 is 6.03 Å². The van der Waals surface area contributed by atoms with Crippen LogP contribution in [0.3, 0.4) is 0 Å². The second-order valence-corrected chi connectivity index (χ2v) is 8.76. The molecule has 0 aliphatic carbocycles. The van der Waals surface area contributed by atoms with E-state index in [0.717, 1.165) is 32.5 Å². The summed E-state index contributed by atoms with van der Waals surface area (Å²) in [5.41, 5.74) is -0.757. The number of ether oxygens (including phenoxy) is 1. The van der Waals surface area contributed by atoms with Crippen LogP contribution < -0.4 is 5.32 Å². The third-order valence-corrected chi connectivity index (χ3v) is 6.16. The van der Waals surface area contributed by atoms with Crippen molar-refractivity contribution in [2.75, 3.05) is 46.4 Å². The van der Waals surface area contributed by atoms with Gasteiger partial charge in [-0.3, -0.25) is 14.5 Å². The first-order valence-corrected chi connectivity index (χ1v) is 10.5. The van der Waals surface area contributed by atoms with E-state index in [0.29, 0.717) is 44.9 Å². The van der Waals surface area contributed by atoms with Gasteiger partial charge in [0.05, 0.1) is 19.1 Å². The van der Waals surface area contributed by atoms with Crippen molar-refractivity contribution >= 4 is 17.8 Å². The molecule has 4 amide bonds. The molecule has 1 N–H and O–H groups in total. The molecule has 3 fully saturated rings. The van der Waals surface area contributed by atoms with E-state index in [1.807, 2.05) is 0 Å². The van der Waals surface area contributed by atoms with Crippen molar-refractivity contribution in [2.24, 2.45) is 5.92 Å². The molecular formula is C20H34N4O4. The average molecular weight is 395 g/mol. The van der Waals surface area contributed by atoms with Gasteiger partial charge in [-0.15, -0.1) is 0 Å². The van der Waals surface area contributed by atoms with Gasteiger partial charge in [0, 0.05) is 39.8 Å². The Hall–Kier alpha value is -1.67. The lowest BCUT2D eigenvalue weighted by Crippen LogP contribution is -2.56. The highest BCUT2D eigenvalue weighted by Gasteiger charge is 2.54. The van der Waals surface area contributed by atoms with Crippen molar-refractivity contribution in [1.29, 1.82) is 0 Å². The third-order valence-electron chi connectivity index (χ3n) is 6.16. The number of hydrogen-bond donors (Lipinski definition) is 1. The fourth-order valence-corrected chi connectivity index (χ4v) is 4.68. The highest BCUT2D eigenvalue weighted by molar-refractivity contribution is 6.07. The van der Waals surface area contributed by atoms with Crippen LogP contribution in [0.25, 0.3) is 0 Å². The van der Waals surface area contributed by atoms with Gasteiger partial charge in [-0.2, -0.15) is 0 Å². The van der Waals surface area contributed by atoms with Crippen molar-refractivity contribution in [3.05, 3.63) is 0 Å². The predicted octanol–water partition coefficient (Wildman–Crippen LogP) is 1.06. The van der Waals surface area contributed by atoms with Crippen LogP contribution in [0.1, 0.15) is 46.0 Å². The summed E-state index contributed by atoms with van der Waals surface area (Å²) < 4.78 is 4.99. The number of rotatable bonds is 6. The van der Waals surface area contributed by atoms with Crippen LogP contribution >= 0.6 is 0 Å². The second kappa shape index (κ2) is 8.78. The summed E-state index contributed by atoms with van der Waals surface area (Å²) in [6, 6.07) is -0.528. The molecule has 3 aliphatic rings. The number of nitrogens with zero attached hydrogens (tertiary/aromatic N) is 3. The molecule has 0 aromatic carbocycles. The molecule has 8 heteroatoms. The van der Waals surface area contributed by atoms with Crippen LogP contribution in [0.4, 0.5) is 4.79 Å². The normalized spacial score (nSPS) is 25.6. The zero-order valence-electron chi connectivity index (χ0n) is 17.4. The highest BCUT2D eigenvalue weighted by atomic mass is 16.5. The molecule has 3 aliphatic heterocycles. The van der Waals surface area contributed by atoms with E-state index in [2.05, 4.69) is 24.1 Å². The Morgan fingerprint density at radius 2 is 1.96 bits per heavy atom. The van der Waals surface area contributed by atoms with Crippen molar-refractivity contribution in [2.45, 2.75) is 57.5 Å². The number of amides is 4. The quantitative estimate of drug-likeness (QED) is 0.681. The smallest absolute Gasteiger partial charge is 0.325 e. The van der Waals surface area contributed by atoms with Gasteiger partial charge in [-0.25, -0.2) is 4.79 Å². The van der Waals surface area contributed by atoms with Crippen LogP contribution in [-0.4, -0.2) is 90.6 Å². The Balaban J connectivity index is 1.63. The van der Waals surface area contributed by atoms with Crippen LogP contribution in [0.15, 0.2) is 0 Å². The summed E-state index contributed by atoms with van der Waals surface area (Å²) in [6.45, 7) is 8.54. The summed E-state index contributed by atoms with van der Waals surface area (Å²) in [7, 11) is 1.57. The van der Waals surface area contributed by atoms with Gasteiger partial charge in [0.25, 0.3) is 5.91 Å². The number of hydrogen-bond acceptors (Lipinski definition) is 5. The fourth-order valence-electron chi connectivity index (χ4n) is 4.68. The molecule has 0 aromatic heterocycles. The van der Waals surface area contributed by atoms with E-state index in [1.165, 1.54) is 4.90 Å². The number of carbonyl (C=O) groups excluding carboxylic acids is 3. The lowest BCUT2D eigenvalue weighted by molar-refractivity contribution is -0.139. The number of methoxy groups -OCH3 is 1. The molecule has 1 spiro atoms. The minimum atomic E-state index is -0.757. The van der Waals surface area contributed by atoms with Gasteiger partial charge in [0.15, 0.2) is 0 Å². The monoisotopic (exact) mass is 394 g/mol. The third kappa shape index (κ3) is 4.33. The molecule has 0 saturated carbocycles. The van der Waals surface area contributed by atoms with Gasteiger partial charge in [-0.1, -0.05) is 13.8 Å². The highest BCUT2D eigenvalue weighted by Crippen LogP contribution is 2.32. The Bertz CT molecular complexity index is 601. The van der Waals surface area contributed by atoms with E-state index in [-0.39, 0.29) is 23.9 Å². The molecule has 158 valence electrons. The number of nitrogens with one attached hydrogen (secondary N) is 1. The lowest BCUT2D eigenvalue weighted by atomic mass is 9.86. The molecule has 0 bridgehead atoms. The minimum Gasteiger partial charge on any atom is -0.384 e. The standard InChI is InChI=1S/C20H34N4O4/c1-15(2)13-22-10-7-20(8-11-22)18(26)24(19(27)21-20)16-5-4-9-23(14-16)17(25)6-12-28-3/h15-16H,4-14H2,1-3H3,(H,21,27)/t16-/m1/s1. The van der Waals surface area contributed by atoms with Gasteiger partial charge in [-0.05, 0) is 31.6 Å². The Morgan fingerprint density at radius 1 is 1.25 bits per heavy atom. The summed E-state index contributed by atoms with van der Waals surface area (Å²) >= 11 is 0. The van der Waals surface area contributed by atoms with Gasteiger partial charge < -0.3 is 19.9 Å². The molecule has 1 atom stereocenters. The van der Waals surface area contributed by atoms with E-state index < -0.39 is 5.54 Å². The SMILES string of the molecule is COCCC(=O)N1CCC[C@@H](N2C(=O)NC3(CCN(CC(C)C)CC3)C2=O)C1. The maximum absolute atomic E-state index is 13.3. The largest absolute Gasteiger partial charge is 0.384 e. The summed E-state index contributed by atoms with van der Waals surface area (Å²) in [6.07, 6.45) is 3.20. The molecule has 28 heavy (non-hydrogen) atoms. The maximum atomic E-state index is 13.3. The first-order chi connectivity index (χ1) is 13.4. The van der Waals surface area contributed by atoms with Crippen LogP contribution in [0, 0.1) is 5.92 Å². The molecule has 3 saturated heterocycles. The van der Waals surface area contributed by atoms with E-state index >= 15 is 0 Å². The molecule has 8 nitrogen and oxygen atoms in total. The summed E-state index contributed by atoms with van der Waals surface area (Å²) in [4.78, 5) is 43.9. The number of likely N-dealkylation sites (tertiary alicyclic amines) is 2. The number of urea groups is 1. The van der Waals surface area contributed by atoms with Crippen molar-refractivity contribution in [3.8, 4) is 0 Å². The lowest BCUT2D eigenvalue weighted by Gasteiger charge is -2.39. The number of piperidine rings is 2. The Kier molecular flexibility index (Phi) is 6.60. The second-order valence-electron chi connectivity index (χ2n) is 8.76. The molecule has 3 rings (SSSR count). The molecule has 0 radical (unpaired) electrons. The average Bonchev–Trinajstić information content (AvgIpc) is 2.91. The van der Waals surface area contributed by atoms with Crippen molar-refractivity contribution in [3.63, 3.8) is 0 Å². The first-order valence-electron chi connectivity index (χ1n) is 10.5. The maximum Gasteiger partial charge on any atom is 0.325 e.